The van der Waals surface area contributed by atoms with Gasteiger partial charge in [-0.25, -0.2) is 0 Å². The molecule has 0 radical (unpaired) electrons. The molecule has 11 nitrogen and oxygen atoms in total. The highest BCUT2D eigenvalue weighted by Crippen LogP contribution is 2.39. The highest BCUT2D eigenvalue weighted by molar-refractivity contribution is 5.99. The Bertz CT molecular complexity index is 1420. The number of carbonyl (C=O) groups excluding carboxylic acids is 3. The molecule has 0 saturated carbocycles. The Morgan fingerprint density at radius 2 is 1.64 bits per heavy atom. The second-order valence-electron chi connectivity index (χ2n) is 10.1. The lowest BCUT2D eigenvalue weighted by Gasteiger charge is -2.44. The molecule has 0 unspecified atom stereocenters. The zero-order chi connectivity index (χ0) is 29.7. The van der Waals surface area contributed by atoms with Gasteiger partial charge in [0.05, 0.1) is 27.9 Å². The molecule has 2 aromatic carbocycles. The summed E-state index contributed by atoms with van der Waals surface area (Å²) in [6.45, 7) is 0.992. The van der Waals surface area contributed by atoms with Gasteiger partial charge in [-0.1, -0.05) is 6.07 Å². The van der Waals surface area contributed by atoms with Crippen LogP contribution >= 0.6 is 0 Å². The fourth-order valence-electron chi connectivity index (χ4n) is 5.46. The topological polar surface area (TPSA) is 120 Å². The smallest absolute Gasteiger partial charge is 0.256 e. The molecule has 3 amide bonds. The molecule has 2 fully saturated rings. The monoisotopic (exact) mass is 574 g/mol. The Morgan fingerprint density at radius 3 is 2.29 bits per heavy atom. The molecular weight excluding hydrogens is 540 g/mol. The molecule has 1 N–H and O–H groups in total. The number of nitrogens with zero attached hydrogens (tertiary/aromatic N) is 3. The van der Waals surface area contributed by atoms with Crippen LogP contribution in [0.3, 0.4) is 0 Å². The summed E-state index contributed by atoms with van der Waals surface area (Å²) in [5.41, 5.74) is 0.681. The second kappa shape index (κ2) is 12.5. The zero-order valence-electron chi connectivity index (χ0n) is 23.9. The van der Waals surface area contributed by atoms with Crippen molar-refractivity contribution in [2.75, 3.05) is 41.0 Å². The van der Waals surface area contributed by atoms with E-state index in [-0.39, 0.29) is 30.9 Å². The normalized spacial score (nSPS) is 17.5. The maximum absolute atomic E-state index is 14.0. The van der Waals surface area contributed by atoms with Crippen molar-refractivity contribution >= 4 is 17.7 Å². The molecule has 5 rings (SSSR count). The van der Waals surface area contributed by atoms with Crippen molar-refractivity contribution in [3.8, 4) is 17.2 Å². The van der Waals surface area contributed by atoms with Crippen LogP contribution in [-0.2, 0) is 16.1 Å². The van der Waals surface area contributed by atoms with Crippen LogP contribution in [0.15, 0.2) is 67.0 Å². The first kappa shape index (κ1) is 28.9. The maximum atomic E-state index is 14.0. The second-order valence-corrected chi connectivity index (χ2v) is 10.1. The fourth-order valence-corrected chi connectivity index (χ4v) is 5.46. The molecular formula is C31H34N4O7. The van der Waals surface area contributed by atoms with Gasteiger partial charge >= 0.3 is 0 Å². The van der Waals surface area contributed by atoms with Gasteiger partial charge in [-0.2, -0.15) is 0 Å². The fraction of sp³-hybridized carbons (Fsp3) is 0.355. The number of rotatable bonds is 8. The van der Waals surface area contributed by atoms with E-state index in [0.717, 1.165) is 5.56 Å². The average Bonchev–Trinajstić information content (AvgIpc) is 3.41. The maximum Gasteiger partial charge on any atom is 0.256 e. The number of carbonyl (C=O) groups is 3. The molecule has 2 aliphatic rings. The van der Waals surface area contributed by atoms with E-state index in [1.54, 1.807) is 77.8 Å². The Morgan fingerprint density at radius 1 is 0.929 bits per heavy atom. The van der Waals surface area contributed by atoms with Crippen molar-refractivity contribution in [3.05, 3.63) is 83.7 Å². The van der Waals surface area contributed by atoms with E-state index < -0.39 is 11.8 Å². The number of nitrogens with one attached hydrogen (secondary N) is 1. The summed E-state index contributed by atoms with van der Waals surface area (Å²) >= 11 is 0. The van der Waals surface area contributed by atoms with Crippen molar-refractivity contribution in [1.29, 1.82) is 0 Å². The van der Waals surface area contributed by atoms with Gasteiger partial charge in [0.2, 0.25) is 5.91 Å². The summed E-state index contributed by atoms with van der Waals surface area (Å²) in [6, 6.07) is 14.6. The van der Waals surface area contributed by atoms with Gasteiger partial charge in [-0.05, 0) is 54.1 Å². The summed E-state index contributed by atoms with van der Waals surface area (Å²) in [5.74, 6) is 0.811. The number of methoxy groups -OCH3 is 3. The number of aromatic nitrogens is 1. The first-order valence-corrected chi connectivity index (χ1v) is 13.7. The Kier molecular flexibility index (Phi) is 8.58. The molecule has 0 bridgehead atoms. The third kappa shape index (κ3) is 5.73. The van der Waals surface area contributed by atoms with E-state index >= 15 is 0 Å². The number of hydrogen-bond donors (Lipinski definition) is 1. The van der Waals surface area contributed by atoms with E-state index in [1.165, 1.54) is 14.2 Å². The molecule has 220 valence electrons. The average molecular weight is 575 g/mol. The van der Waals surface area contributed by atoms with Crippen molar-refractivity contribution < 1.29 is 33.3 Å². The summed E-state index contributed by atoms with van der Waals surface area (Å²) < 4.78 is 22.2. The van der Waals surface area contributed by atoms with E-state index in [4.69, 9.17) is 18.9 Å². The largest absolute Gasteiger partial charge is 0.497 e. The van der Waals surface area contributed by atoms with Crippen LogP contribution < -0.4 is 19.5 Å². The molecule has 11 heteroatoms. The summed E-state index contributed by atoms with van der Waals surface area (Å²) in [6.07, 6.45) is 4.04. The number of amides is 3. The minimum absolute atomic E-state index is 0.0460. The first-order chi connectivity index (χ1) is 20.4. The van der Waals surface area contributed by atoms with Crippen LogP contribution in [0, 0.1) is 0 Å². The molecule has 3 aromatic rings. The summed E-state index contributed by atoms with van der Waals surface area (Å²) in [5, 5.41) is 2.93. The molecule has 2 saturated heterocycles. The van der Waals surface area contributed by atoms with Crippen molar-refractivity contribution in [1.82, 2.24) is 20.1 Å². The van der Waals surface area contributed by atoms with Crippen LogP contribution in [0.2, 0.25) is 0 Å². The Balaban J connectivity index is 1.36. The molecule has 2 aliphatic heterocycles. The standard InChI is InChI=1S/C31H34N4O7/c1-39-24-9-6-22(7-10-24)30(38)35-25(28(36)33-19-21-5-4-14-32-18-21)20-42-31(35)12-15-34(16-13-31)29(37)23-8-11-26(40-2)27(17-23)41-3/h4-11,14,17-18,25H,12-13,15-16,19-20H2,1-3H3,(H,33,36)/t25-/m1/s1. The third-order valence-corrected chi connectivity index (χ3v) is 7.77. The third-order valence-electron chi connectivity index (χ3n) is 7.77. The number of pyridine rings is 1. The van der Waals surface area contributed by atoms with Gasteiger partial charge in [0.15, 0.2) is 11.5 Å². The molecule has 1 spiro atoms. The number of piperidine rings is 1. The number of ether oxygens (including phenoxy) is 4. The lowest BCUT2D eigenvalue weighted by Crippen LogP contribution is -2.59. The van der Waals surface area contributed by atoms with Crippen molar-refractivity contribution in [2.45, 2.75) is 31.2 Å². The minimum Gasteiger partial charge on any atom is -0.497 e. The minimum atomic E-state index is -1.04. The van der Waals surface area contributed by atoms with Gasteiger partial charge in [-0.3, -0.25) is 24.3 Å². The molecule has 0 aliphatic carbocycles. The van der Waals surface area contributed by atoms with E-state index in [2.05, 4.69) is 10.3 Å². The van der Waals surface area contributed by atoms with Gasteiger partial charge in [0.25, 0.3) is 11.8 Å². The van der Waals surface area contributed by atoms with Crippen LogP contribution in [0.4, 0.5) is 0 Å². The van der Waals surface area contributed by atoms with Gasteiger partial charge < -0.3 is 29.2 Å². The van der Waals surface area contributed by atoms with Crippen LogP contribution in [0.5, 0.6) is 17.2 Å². The first-order valence-electron chi connectivity index (χ1n) is 13.7. The Labute approximate surface area is 244 Å². The SMILES string of the molecule is COc1ccc(C(=O)N2[C@@H](C(=O)NCc3cccnc3)COC23CCN(C(=O)c2ccc(OC)c(OC)c2)CC3)cc1. The predicted octanol–water partition coefficient (Wildman–Crippen LogP) is 2.90. The molecule has 3 heterocycles. The quantitative estimate of drug-likeness (QED) is 0.436. The van der Waals surface area contributed by atoms with Gasteiger partial charge in [0, 0.05) is 56.0 Å². The molecule has 1 aromatic heterocycles. The number of likely N-dealkylation sites (tertiary alicyclic amines) is 1. The van der Waals surface area contributed by atoms with E-state index in [0.29, 0.717) is 54.3 Å². The highest BCUT2D eigenvalue weighted by atomic mass is 16.5. The highest BCUT2D eigenvalue weighted by Gasteiger charge is 2.54. The zero-order valence-corrected chi connectivity index (χ0v) is 23.9. The van der Waals surface area contributed by atoms with Gasteiger partial charge in [0.1, 0.15) is 17.5 Å². The van der Waals surface area contributed by atoms with Crippen LogP contribution in [0.1, 0.15) is 39.1 Å². The van der Waals surface area contributed by atoms with Crippen molar-refractivity contribution in [2.24, 2.45) is 0 Å². The molecule has 1 atom stereocenters. The summed E-state index contributed by atoms with van der Waals surface area (Å²) in [4.78, 5) is 48.2. The van der Waals surface area contributed by atoms with Crippen LogP contribution in [-0.4, -0.2) is 85.3 Å². The van der Waals surface area contributed by atoms with Crippen molar-refractivity contribution in [3.63, 3.8) is 0 Å². The van der Waals surface area contributed by atoms with E-state index in [9.17, 15) is 14.4 Å². The lowest BCUT2D eigenvalue weighted by molar-refractivity contribution is -0.128. The van der Waals surface area contributed by atoms with E-state index in [1.807, 2.05) is 6.07 Å². The lowest BCUT2D eigenvalue weighted by atomic mass is 9.96. The summed E-state index contributed by atoms with van der Waals surface area (Å²) in [7, 11) is 4.61. The number of benzene rings is 2. The van der Waals surface area contributed by atoms with Crippen LogP contribution in [0.25, 0.3) is 0 Å². The van der Waals surface area contributed by atoms with Gasteiger partial charge in [-0.15, -0.1) is 0 Å². The Hall–Kier alpha value is -4.64. The number of hydrogen-bond acceptors (Lipinski definition) is 8. The predicted molar refractivity (Wildman–Crippen MR) is 152 cm³/mol. The molecule has 42 heavy (non-hydrogen) atoms.